The number of aromatic nitrogens is 1. The SMILES string of the molecule is NC1CCC(NC(=O)c2cc(Cl)c3ccccc3n2)CC1. The maximum Gasteiger partial charge on any atom is 0.270 e. The zero-order valence-corrected chi connectivity index (χ0v) is 12.4. The Bertz CT molecular complexity index is 666. The van der Waals surface area contributed by atoms with E-state index in [1.165, 1.54) is 0 Å². The van der Waals surface area contributed by atoms with Gasteiger partial charge in [0.15, 0.2) is 0 Å². The van der Waals surface area contributed by atoms with Gasteiger partial charge in [-0.05, 0) is 37.8 Å². The van der Waals surface area contributed by atoms with Crippen LogP contribution in [0.2, 0.25) is 5.02 Å². The smallest absolute Gasteiger partial charge is 0.270 e. The molecular weight excluding hydrogens is 286 g/mol. The topological polar surface area (TPSA) is 68.0 Å². The van der Waals surface area contributed by atoms with Gasteiger partial charge in [-0.3, -0.25) is 4.79 Å². The molecule has 0 saturated heterocycles. The molecule has 0 spiro atoms. The zero-order chi connectivity index (χ0) is 14.8. The van der Waals surface area contributed by atoms with Crippen LogP contribution in [0.1, 0.15) is 36.2 Å². The summed E-state index contributed by atoms with van der Waals surface area (Å²) in [5, 5.41) is 4.44. The summed E-state index contributed by atoms with van der Waals surface area (Å²) in [5.74, 6) is -0.164. The van der Waals surface area contributed by atoms with Crippen LogP contribution in [0.15, 0.2) is 30.3 Å². The molecule has 5 heteroatoms. The highest BCUT2D eigenvalue weighted by Crippen LogP contribution is 2.23. The van der Waals surface area contributed by atoms with Crippen LogP contribution in [-0.4, -0.2) is 23.0 Å². The number of hydrogen-bond acceptors (Lipinski definition) is 3. The average Bonchev–Trinajstić information content (AvgIpc) is 2.49. The summed E-state index contributed by atoms with van der Waals surface area (Å²) >= 11 is 6.23. The van der Waals surface area contributed by atoms with Crippen molar-refractivity contribution in [2.75, 3.05) is 0 Å². The molecule has 4 nitrogen and oxygen atoms in total. The number of benzene rings is 1. The summed E-state index contributed by atoms with van der Waals surface area (Å²) in [5.41, 5.74) is 6.98. The number of para-hydroxylation sites is 1. The number of nitrogens with two attached hydrogens (primary N) is 1. The van der Waals surface area contributed by atoms with Gasteiger partial charge >= 0.3 is 0 Å². The van der Waals surface area contributed by atoms with Gasteiger partial charge in [-0.1, -0.05) is 29.8 Å². The second-order valence-corrected chi connectivity index (χ2v) is 6.00. The molecule has 1 heterocycles. The van der Waals surface area contributed by atoms with Gasteiger partial charge in [0, 0.05) is 17.5 Å². The molecule has 1 amide bonds. The number of pyridine rings is 1. The number of nitrogens with zero attached hydrogens (tertiary/aromatic N) is 1. The van der Waals surface area contributed by atoms with Crippen LogP contribution in [0.4, 0.5) is 0 Å². The number of nitrogens with one attached hydrogen (secondary N) is 1. The van der Waals surface area contributed by atoms with E-state index in [0.29, 0.717) is 10.7 Å². The van der Waals surface area contributed by atoms with Gasteiger partial charge < -0.3 is 11.1 Å². The third-order valence-electron chi connectivity index (χ3n) is 4.01. The minimum atomic E-state index is -0.164. The Balaban J connectivity index is 1.78. The summed E-state index contributed by atoms with van der Waals surface area (Å²) in [6, 6.07) is 9.63. The lowest BCUT2D eigenvalue weighted by Crippen LogP contribution is -2.40. The summed E-state index contributed by atoms with van der Waals surface area (Å²) in [7, 11) is 0. The molecule has 110 valence electrons. The Morgan fingerprint density at radius 1 is 1.24 bits per heavy atom. The minimum Gasteiger partial charge on any atom is -0.348 e. The Hall–Kier alpha value is -1.65. The number of fused-ring (bicyclic) bond motifs is 1. The fraction of sp³-hybridized carbons (Fsp3) is 0.375. The first-order valence-electron chi connectivity index (χ1n) is 7.25. The zero-order valence-electron chi connectivity index (χ0n) is 11.7. The number of amides is 1. The lowest BCUT2D eigenvalue weighted by atomic mass is 9.92. The van der Waals surface area contributed by atoms with Gasteiger partial charge in [0.05, 0.1) is 10.5 Å². The first kappa shape index (κ1) is 14.3. The summed E-state index contributed by atoms with van der Waals surface area (Å²) in [6.45, 7) is 0. The van der Waals surface area contributed by atoms with E-state index in [-0.39, 0.29) is 18.0 Å². The van der Waals surface area contributed by atoms with Crippen molar-refractivity contribution in [2.24, 2.45) is 5.73 Å². The largest absolute Gasteiger partial charge is 0.348 e. The van der Waals surface area contributed by atoms with E-state index in [1.54, 1.807) is 6.07 Å². The fourth-order valence-corrected chi connectivity index (χ4v) is 3.04. The molecule has 1 aliphatic carbocycles. The van der Waals surface area contributed by atoms with Crippen LogP contribution in [-0.2, 0) is 0 Å². The molecule has 0 unspecified atom stereocenters. The number of carbonyl (C=O) groups excluding carboxylic acids is 1. The van der Waals surface area contributed by atoms with Crippen molar-refractivity contribution in [3.63, 3.8) is 0 Å². The maximum atomic E-state index is 12.3. The first-order chi connectivity index (χ1) is 10.1. The number of rotatable bonds is 2. The third-order valence-corrected chi connectivity index (χ3v) is 4.32. The van der Waals surface area contributed by atoms with E-state index in [2.05, 4.69) is 10.3 Å². The van der Waals surface area contributed by atoms with Crippen molar-refractivity contribution in [2.45, 2.75) is 37.8 Å². The molecule has 0 radical (unpaired) electrons. The fourth-order valence-electron chi connectivity index (χ4n) is 2.77. The molecule has 2 aromatic rings. The molecule has 0 atom stereocenters. The van der Waals surface area contributed by atoms with Crippen molar-refractivity contribution in [3.05, 3.63) is 41.0 Å². The number of carbonyl (C=O) groups is 1. The van der Waals surface area contributed by atoms with Gasteiger partial charge in [-0.25, -0.2) is 4.98 Å². The van der Waals surface area contributed by atoms with Crippen molar-refractivity contribution in [1.82, 2.24) is 10.3 Å². The van der Waals surface area contributed by atoms with Crippen molar-refractivity contribution in [1.29, 1.82) is 0 Å². The van der Waals surface area contributed by atoms with Crippen LogP contribution in [0, 0.1) is 0 Å². The maximum absolute atomic E-state index is 12.3. The Morgan fingerprint density at radius 3 is 2.71 bits per heavy atom. The lowest BCUT2D eigenvalue weighted by Gasteiger charge is -2.26. The highest BCUT2D eigenvalue weighted by atomic mass is 35.5. The predicted octanol–water partition coefficient (Wildman–Crippen LogP) is 2.89. The van der Waals surface area contributed by atoms with Crippen molar-refractivity contribution < 1.29 is 4.79 Å². The lowest BCUT2D eigenvalue weighted by molar-refractivity contribution is 0.0921. The highest BCUT2D eigenvalue weighted by molar-refractivity contribution is 6.35. The van der Waals surface area contributed by atoms with Crippen LogP contribution < -0.4 is 11.1 Å². The van der Waals surface area contributed by atoms with Crippen LogP contribution >= 0.6 is 11.6 Å². The van der Waals surface area contributed by atoms with E-state index in [9.17, 15) is 4.79 Å². The molecule has 1 aliphatic rings. The Labute approximate surface area is 128 Å². The van der Waals surface area contributed by atoms with Gasteiger partial charge in [-0.15, -0.1) is 0 Å². The number of hydrogen-bond donors (Lipinski definition) is 2. The van der Waals surface area contributed by atoms with Crippen LogP contribution in [0.3, 0.4) is 0 Å². The molecular formula is C16H18ClN3O. The normalized spacial score (nSPS) is 22.2. The molecule has 0 aliphatic heterocycles. The van der Waals surface area contributed by atoms with Gasteiger partial charge in [0.1, 0.15) is 5.69 Å². The van der Waals surface area contributed by atoms with Crippen LogP contribution in [0.5, 0.6) is 0 Å². The van der Waals surface area contributed by atoms with Gasteiger partial charge in [0.2, 0.25) is 0 Å². The van der Waals surface area contributed by atoms with Crippen LogP contribution in [0.25, 0.3) is 10.9 Å². The molecule has 0 bridgehead atoms. The molecule has 1 saturated carbocycles. The van der Waals surface area contributed by atoms with E-state index in [0.717, 1.165) is 36.6 Å². The average molecular weight is 304 g/mol. The van der Waals surface area contributed by atoms with Crippen molar-refractivity contribution >= 4 is 28.4 Å². The van der Waals surface area contributed by atoms with Gasteiger partial charge in [0.25, 0.3) is 5.91 Å². The van der Waals surface area contributed by atoms with E-state index < -0.39 is 0 Å². The summed E-state index contributed by atoms with van der Waals surface area (Å²) in [4.78, 5) is 16.7. The van der Waals surface area contributed by atoms with Gasteiger partial charge in [-0.2, -0.15) is 0 Å². The Kier molecular flexibility index (Phi) is 4.08. The Morgan fingerprint density at radius 2 is 1.95 bits per heavy atom. The number of halogens is 1. The highest BCUT2D eigenvalue weighted by Gasteiger charge is 2.21. The standard InChI is InChI=1S/C16H18ClN3O/c17-13-9-15(20-14-4-2-1-3-12(13)14)16(21)19-11-7-5-10(18)6-8-11/h1-4,9-11H,5-8,18H2,(H,19,21). The molecule has 21 heavy (non-hydrogen) atoms. The van der Waals surface area contributed by atoms with Crippen molar-refractivity contribution in [3.8, 4) is 0 Å². The molecule has 1 fully saturated rings. The van der Waals surface area contributed by atoms with E-state index >= 15 is 0 Å². The second kappa shape index (κ2) is 6.00. The predicted molar refractivity (Wildman–Crippen MR) is 84.5 cm³/mol. The van der Waals surface area contributed by atoms with E-state index in [4.69, 9.17) is 17.3 Å². The third kappa shape index (κ3) is 3.17. The summed E-state index contributed by atoms with van der Waals surface area (Å²) < 4.78 is 0. The summed E-state index contributed by atoms with van der Waals surface area (Å²) in [6.07, 6.45) is 3.76. The molecule has 3 N–H and O–H groups in total. The quantitative estimate of drug-likeness (QED) is 0.896. The molecule has 1 aromatic carbocycles. The molecule has 1 aromatic heterocycles. The monoisotopic (exact) mass is 303 g/mol. The molecule has 3 rings (SSSR count). The van der Waals surface area contributed by atoms with E-state index in [1.807, 2.05) is 24.3 Å². The first-order valence-corrected chi connectivity index (χ1v) is 7.63. The second-order valence-electron chi connectivity index (χ2n) is 5.59. The minimum absolute atomic E-state index is 0.164.